The van der Waals surface area contributed by atoms with E-state index in [9.17, 15) is 4.79 Å². The zero-order valence-corrected chi connectivity index (χ0v) is 10.5. The van der Waals surface area contributed by atoms with Crippen LogP contribution in [0.2, 0.25) is 0 Å². The second kappa shape index (κ2) is 5.39. The van der Waals surface area contributed by atoms with Gasteiger partial charge >= 0.3 is 6.09 Å². The normalized spacial score (nSPS) is 10.6. The molecule has 20 heavy (non-hydrogen) atoms. The number of benzene rings is 1. The Kier molecular flexibility index (Phi) is 3.27. The minimum atomic E-state index is -0.514. The number of aromatic nitrogens is 5. The molecule has 0 aliphatic heterocycles. The molecule has 0 unspecified atom stereocenters. The summed E-state index contributed by atoms with van der Waals surface area (Å²) in [5.74, 6) is 1.02. The number of fused-ring (bicyclic) bond motifs is 1. The standard InChI is InChI=1S/C12H12N6O2/c19-12(14-6-4-11-15-17-18-16-11)20-9-2-1-8-3-5-13-10(8)7-9/h1-3,5,7,13H,4,6H2,(H,14,19)(H,15,16,17,18). The molecule has 1 aromatic carbocycles. The number of hydrogen-bond donors (Lipinski definition) is 3. The maximum absolute atomic E-state index is 11.6. The summed E-state index contributed by atoms with van der Waals surface area (Å²) in [5, 5.41) is 17.0. The molecule has 0 saturated carbocycles. The van der Waals surface area contributed by atoms with Gasteiger partial charge in [-0.2, -0.15) is 5.21 Å². The van der Waals surface area contributed by atoms with Gasteiger partial charge in [-0.3, -0.25) is 0 Å². The lowest BCUT2D eigenvalue weighted by molar-refractivity contribution is 0.200. The minimum Gasteiger partial charge on any atom is -0.410 e. The Morgan fingerprint density at radius 3 is 3.15 bits per heavy atom. The highest BCUT2D eigenvalue weighted by atomic mass is 16.6. The molecule has 0 spiro atoms. The van der Waals surface area contributed by atoms with Gasteiger partial charge in [-0.05, 0) is 23.6 Å². The average Bonchev–Trinajstić information content (AvgIpc) is 3.08. The molecule has 1 amide bonds. The zero-order valence-electron chi connectivity index (χ0n) is 10.5. The molecule has 2 heterocycles. The first-order chi connectivity index (χ1) is 9.81. The SMILES string of the molecule is O=C(NCCc1nn[nH]n1)Oc1ccc2cc[nH]c2c1. The summed E-state index contributed by atoms with van der Waals surface area (Å²) in [6.45, 7) is 0.378. The van der Waals surface area contributed by atoms with E-state index in [1.807, 2.05) is 18.3 Å². The number of amides is 1. The minimum absolute atomic E-state index is 0.378. The molecule has 0 atom stereocenters. The molecule has 0 saturated heterocycles. The lowest BCUT2D eigenvalue weighted by atomic mass is 10.2. The quantitative estimate of drug-likeness (QED) is 0.656. The maximum Gasteiger partial charge on any atom is 0.412 e. The number of H-pyrrole nitrogens is 2. The van der Waals surface area contributed by atoms with Gasteiger partial charge in [-0.25, -0.2) is 4.79 Å². The Labute approximate surface area is 113 Å². The van der Waals surface area contributed by atoms with Crippen LogP contribution in [0.3, 0.4) is 0 Å². The van der Waals surface area contributed by atoms with Crippen LogP contribution in [-0.2, 0) is 6.42 Å². The topological polar surface area (TPSA) is 109 Å². The molecule has 3 rings (SSSR count). The van der Waals surface area contributed by atoms with E-state index in [0.717, 1.165) is 10.9 Å². The van der Waals surface area contributed by atoms with Gasteiger partial charge < -0.3 is 15.0 Å². The third-order valence-electron chi connectivity index (χ3n) is 2.74. The van der Waals surface area contributed by atoms with Crippen molar-refractivity contribution >= 4 is 17.0 Å². The van der Waals surface area contributed by atoms with Crippen molar-refractivity contribution in [3.05, 3.63) is 36.3 Å². The lowest BCUT2D eigenvalue weighted by Gasteiger charge is -2.05. The summed E-state index contributed by atoms with van der Waals surface area (Å²) in [7, 11) is 0. The Balaban J connectivity index is 1.52. The Morgan fingerprint density at radius 2 is 2.30 bits per heavy atom. The van der Waals surface area contributed by atoms with Crippen LogP contribution in [0.5, 0.6) is 5.75 Å². The van der Waals surface area contributed by atoms with Gasteiger partial charge in [0.25, 0.3) is 0 Å². The molecule has 102 valence electrons. The molecule has 0 aliphatic carbocycles. The number of nitrogens with zero attached hydrogens (tertiary/aromatic N) is 3. The molecular formula is C12H12N6O2. The van der Waals surface area contributed by atoms with Crippen LogP contribution in [0, 0.1) is 0 Å². The van der Waals surface area contributed by atoms with Crippen molar-refractivity contribution in [1.29, 1.82) is 0 Å². The van der Waals surface area contributed by atoms with Crippen molar-refractivity contribution in [3.8, 4) is 5.75 Å². The van der Waals surface area contributed by atoms with E-state index in [4.69, 9.17) is 4.74 Å². The molecule has 0 radical (unpaired) electrons. The molecular weight excluding hydrogens is 260 g/mol. The van der Waals surface area contributed by atoms with Crippen molar-refractivity contribution in [1.82, 2.24) is 30.9 Å². The second-order valence-corrected chi connectivity index (χ2v) is 4.12. The lowest BCUT2D eigenvalue weighted by Crippen LogP contribution is -2.28. The van der Waals surface area contributed by atoms with Crippen molar-refractivity contribution in [2.45, 2.75) is 6.42 Å². The number of carbonyl (C=O) groups excluding carboxylic acids is 1. The molecule has 8 heteroatoms. The number of hydrogen-bond acceptors (Lipinski definition) is 5. The third kappa shape index (κ3) is 2.74. The summed E-state index contributed by atoms with van der Waals surface area (Å²) in [6, 6.07) is 7.35. The highest BCUT2D eigenvalue weighted by molar-refractivity contribution is 5.81. The van der Waals surface area contributed by atoms with Gasteiger partial charge in [0.1, 0.15) is 5.75 Å². The van der Waals surface area contributed by atoms with Crippen molar-refractivity contribution in [3.63, 3.8) is 0 Å². The Morgan fingerprint density at radius 1 is 1.35 bits per heavy atom. The summed E-state index contributed by atoms with van der Waals surface area (Å²) in [4.78, 5) is 14.7. The van der Waals surface area contributed by atoms with Gasteiger partial charge in [-0.1, -0.05) is 5.21 Å². The highest BCUT2D eigenvalue weighted by Gasteiger charge is 2.06. The molecule has 0 bridgehead atoms. The number of aromatic amines is 2. The monoisotopic (exact) mass is 272 g/mol. The van der Waals surface area contributed by atoms with Crippen LogP contribution in [0.15, 0.2) is 30.5 Å². The van der Waals surface area contributed by atoms with Crippen molar-refractivity contribution < 1.29 is 9.53 Å². The fourth-order valence-electron chi connectivity index (χ4n) is 1.80. The predicted octanol–water partition coefficient (Wildman–Crippen LogP) is 1.01. The number of tetrazole rings is 1. The van der Waals surface area contributed by atoms with E-state index < -0.39 is 6.09 Å². The van der Waals surface area contributed by atoms with Crippen LogP contribution >= 0.6 is 0 Å². The number of rotatable bonds is 4. The van der Waals surface area contributed by atoms with Crippen LogP contribution < -0.4 is 10.1 Å². The van der Waals surface area contributed by atoms with E-state index in [-0.39, 0.29) is 0 Å². The van der Waals surface area contributed by atoms with Gasteiger partial charge in [0, 0.05) is 30.7 Å². The molecule has 2 aromatic heterocycles. The summed E-state index contributed by atoms with van der Waals surface area (Å²) in [6.07, 6.45) is 1.81. The van der Waals surface area contributed by atoms with Crippen LogP contribution in [0.25, 0.3) is 10.9 Å². The van der Waals surface area contributed by atoms with Crippen LogP contribution in [-0.4, -0.2) is 38.2 Å². The van der Waals surface area contributed by atoms with Gasteiger partial charge in [-0.15, -0.1) is 10.2 Å². The second-order valence-electron chi connectivity index (χ2n) is 4.12. The Hall–Kier alpha value is -2.90. The van der Waals surface area contributed by atoms with E-state index in [0.29, 0.717) is 24.5 Å². The first-order valence-corrected chi connectivity index (χ1v) is 6.06. The summed E-state index contributed by atoms with van der Waals surface area (Å²) < 4.78 is 5.18. The summed E-state index contributed by atoms with van der Waals surface area (Å²) in [5.41, 5.74) is 0.919. The van der Waals surface area contributed by atoms with Crippen LogP contribution in [0.4, 0.5) is 4.79 Å². The number of ether oxygens (including phenoxy) is 1. The molecule has 0 fully saturated rings. The smallest absolute Gasteiger partial charge is 0.410 e. The molecule has 0 aliphatic rings. The first kappa shape index (κ1) is 12.2. The van der Waals surface area contributed by atoms with Crippen LogP contribution in [0.1, 0.15) is 5.82 Å². The van der Waals surface area contributed by atoms with Gasteiger partial charge in [0.2, 0.25) is 0 Å². The van der Waals surface area contributed by atoms with E-state index >= 15 is 0 Å². The van der Waals surface area contributed by atoms with Crippen molar-refractivity contribution in [2.75, 3.05) is 6.54 Å². The largest absolute Gasteiger partial charge is 0.412 e. The fraction of sp³-hybridized carbons (Fsp3) is 0.167. The molecule has 3 aromatic rings. The maximum atomic E-state index is 11.6. The van der Waals surface area contributed by atoms with E-state index in [1.54, 1.807) is 12.1 Å². The fourth-order valence-corrected chi connectivity index (χ4v) is 1.80. The predicted molar refractivity (Wildman–Crippen MR) is 70.2 cm³/mol. The number of carbonyl (C=O) groups is 1. The van der Waals surface area contributed by atoms with E-state index in [2.05, 4.69) is 30.9 Å². The number of nitrogens with one attached hydrogen (secondary N) is 3. The van der Waals surface area contributed by atoms with E-state index in [1.165, 1.54) is 0 Å². The van der Waals surface area contributed by atoms with Gasteiger partial charge in [0.15, 0.2) is 5.82 Å². The first-order valence-electron chi connectivity index (χ1n) is 6.06. The van der Waals surface area contributed by atoms with Gasteiger partial charge in [0.05, 0.1) is 0 Å². The highest BCUT2D eigenvalue weighted by Crippen LogP contribution is 2.19. The molecule has 8 nitrogen and oxygen atoms in total. The molecule has 3 N–H and O–H groups in total. The zero-order chi connectivity index (χ0) is 13.8. The third-order valence-corrected chi connectivity index (χ3v) is 2.74. The van der Waals surface area contributed by atoms with Crippen molar-refractivity contribution in [2.24, 2.45) is 0 Å². The average molecular weight is 272 g/mol. The Bertz CT molecular complexity index is 706. The summed E-state index contributed by atoms with van der Waals surface area (Å²) >= 11 is 0.